The molecule has 0 amide bonds. The Kier molecular flexibility index (Phi) is 14.7. The highest BCUT2D eigenvalue weighted by Gasteiger charge is 2.53. The molecular formula is C37H67NO13. The third kappa shape index (κ3) is 9.51. The van der Waals surface area contributed by atoms with Gasteiger partial charge in [0.15, 0.2) is 12.6 Å². The second kappa shape index (κ2) is 17.0. The van der Waals surface area contributed by atoms with E-state index in [4.69, 9.17) is 28.4 Å². The Balaban J connectivity index is 2.18. The van der Waals surface area contributed by atoms with Crippen LogP contribution in [0.2, 0.25) is 0 Å². The highest BCUT2D eigenvalue weighted by atomic mass is 16.7. The van der Waals surface area contributed by atoms with Crippen LogP contribution < -0.4 is 0 Å². The topological polar surface area (TPSA) is 194 Å². The molecule has 0 saturated carbocycles. The zero-order valence-electron chi connectivity index (χ0n) is 32.9. The molecule has 5 N–H and O–H groups in total. The molecule has 0 radical (unpaired) electrons. The van der Waals surface area contributed by atoms with Gasteiger partial charge in [0.25, 0.3) is 0 Å². The molecule has 3 aliphatic heterocycles. The number of aliphatic hydroxyl groups is 5. The summed E-state index contributed by atoms with van der Waals surface area (Å²) < 4.78 is 37.1. The van der Waals surface area contributed by atoms with Gasteiger partial charge in [-0.3, -0.25) is 9.59 Å². The number of methoxy groups -OCH3 is 1. The van der Waals surface area contributed by atoms with Crippen LogP contribution in [0.5, 0.6) is 0 Å². The van der Waals surface area contributed by atoms with Crippen LogP contribution in [0, 0.1) is 23.7 Å². The van der Waals surface area contributed by atoms with Crippen molar-refractivity contribution >= 4 is 11.8 Å². The summed E-state index contributed by atoms with van der Waals surface area (Å²) in [7, 11) is 5.18. The van der Waals surface area contributed by atoms with Gasteiger partial charge in [0, 0.05) is 37.3 Å². The Bertz CT molecular complexity index is 1170. The summed E-state index contributed by atoms with van der Waals surface area (Å²) in [4.78, 5) is 29.8. The fourth-order valence-electron chi connectivity index (χ4n) is 8.41. The van der Waals surface area contributed by atoms with E-state index in [-0.39, 0.29) is 31.4 Å². The van der Waals surface area contributed by atoms with Crippen LogP contribution in [0.4, 0.5) is 0 Å². The molecule has 14 heteroatoms. The summed E-state index contributed by atoms with van der Waals surface area (Å²) in [6, 6.07) is -0.324. The predicted octanol–water partition coefficient (Wildman–Crippen LogP) is 1.79. The maximum absolute atomic E-state index is 14.1. The van der Waals surface area contributed by atoms with Crippen LogP contribution >= 0.6 is 0 Å². The van der Waals surface area contributed by atoms with Crippen LogP contribution in [0.1, 0.15) is 94.9 Å². The van der Waals surface area contributed by atoms with Gasteiger partial charge in [-0.25, -0.2) is 0 Å². The molecule has 4 unspecified atom stereocenters. The van der Waals surface area contributed by atoms with Crippen molar-refractivity contribution in [1.82, 2.24) is 4.90 Å². The number of rotatable bonds is 7. The van der Waals surface area contributed by atoms with Crippen molar-refractivity contribution in [2.45, 2.75) is 179 Å². The molecule has 0 aliphatic carbocycles. The monoisotopic (exact) mass is 733 g/mol. The molecule has 3 aliphatic rings. The number of likely N-dealkylation sites (N-methyl/N-ethyl adjacent to an activating group) is 1. The number of hydrogen-bond acceptors (Lipinski definition) is 14. The van der Waals surface area contributed by atoms with Gasteiger partial charge in [-0.05, 0) is 74.9 Å². The van der Waals surface area contributed by atoms with Gasteiger partial charge in [-0.2, -0.15) is 0 Å². The van der Waals surface area contributed by atoms with Crippen molar-refractivity contribution in [2.75, 3.05) is 21.2 Å². The Morgan fingerprint density at radius 1 is 0.882 bits per heavy atom. The van der Waals surface area contributed by atoms with Crippen molar-refractivity contribution in [2.24, 2.45) is 23.7 Å². The first-order valence-electron chi connectivity index (χ1n) is 18.5. The molecule has 3 saturated heterocycles. The van der Waals surface area contributed by atoms with E-state index >= 15 is 0 Å². The molecule has 14 nitrogen and oxygen atoms in total. The minimum Gasteiger partial charge on any atom is -0.459 e. The lowest BCUT2D eigenvalue weighted by Crippen LogP contribution is -2.61. The van der Waals surface area contributed by atoms with Crippen LogP contribution in [-0.2, 0) is 38.0 Å². The van der Waals surface area contributed by atoms with E-state index in [0.29, 0.717) is 6.42 Å². The number of cyclic esters (lactones) is 1. The number of Topliss-reactive ketones (excluding diaryl/α,β-unsaturated/α-hetero) is 1. The first-order chi connectivity index (χ1) is 23.4. The molecule has 0 aromatic rings. The van der Waals surface area contributed by atoms with Crippen LogP contribution in [0.25, 0.3) is 0 Å². The summed E-state index contributed by atoms with van der Waals surface area (Å²) in [6.07, 6.45) is -9.71. The summed E-state index contributed by atoms with van der Waals surface area (Å²) in [5, 5.41) is 57.6. The highest BCUT2D eigenvalue weighted by Crippen LogP contribution is 2.40. The highest BCUT2D eigenvalue weighted by molar-refractivity contribution is 5.83. The van der Waals surface area contributed by atoms with Gasteiger partial charge in [0.1, 0.15) is 29.7 Å². The quantitative estimate of drug-likeness (QED) is 0.238. The number of hydrogen-bond donors (Lipinski definition) is 5. The second-order valence-corrected chi connectivity index (χ2v) is 16.5. The van der Waals surface area contributed by atoms with Crippen molar-refractivity contribution in [3.05, 3.63) is 0 Å². The van der Waals surface area contributed by atoms with Crippen molar-refractivity contribution in [3.8, 4) is 0 Å². The second-order valence-electron chi connectivity index (χ2n) is 16.5. The SMILES string of the molecule is CC[C@H]1OC(=O)[C@H](C)[C@@H](OC2C[C@](C)(OC)[C@H](O)[C@@H](C)O2)[C@H](C)[C@@H](OC2O[C@H](C)C[C@H](N(C)C)[C@H]2O)C(C)(O)C[C@@H](C)C(=O)[C@H](C)[C@@H](O)C1(C)O. The molecule has 0 aromatic carbocycles. The fraction of sp³-hybridized carbons (Fsp3) is 0.946. The van der Waals surface area contributed by atoms with Gasteiger partial charge in [-0.15, -0.1) is 0 Å². The molecule has 0 aromatic heterocycles. The van der Waals surface area contributed by atoms with E-state index in [1.165, 1.54) is 27.9 Å². The Hall–Kier alpha value is -1.30. The van der Waals surface area contributed by atoms with Gasteiger partial charge in [0.2, 0.25) is 0 Å². The van der Waals surface area contributed by atoms with Gasteiger partial charge in [-0.1, -0.05) is 27.7 Å². The normalized spacial score (nSPS) is 49.7. The summed E-state index contributed by atoms with van der Waals surface area (Å²) >= 11 is 0. The van der Waals surface area contributed by atoms with E-state index in [1.807, 2.05) is 25.9 Å². The predicted molar refractivity (Wildman–Crippen MR) is 186 cm³/mol. The van der Waals surface area contributed by atoms with E-state index in [2.05, 4.69) is 0 Å². The maximum atomic E-state index is 14.1. The first kappa shape index (κ1) is 44.1. The smallest absolute Gasteiger partial charge is 0.311 e. The molecule has 3 rings (SSSR count). The number of ketones is 1. The minimum absolute atomic E-state index is 0.0936. The zero-order chi connectivity index (χ0) is 39.0. The number of carbonyl (C=O) groups is 2. The Labute approximate surface area is 304 Å². The third-order valence-corrected chi connectivity index (χ3v) is 11.8. The summed E-state index contributed by atoms with van der Waals surface area (Å²) in [5.41, 5.74) is -4.84. The van der Waals surface area contributed by atoms with Crippen LogP contribution in [-0.4, -0.2) is 148 Å². The number of esters is 1. The Morgan fingerprint density at radius 2 is 1.49 bits per heavy atom. The van der Waals surface area contributed by atoms with Gasteiger partial charge >= 0.3 is 5.97 Å². The third-order valence-electron chi connectivity index (χ3n) is 11.8. The first-order valence-corrected chi connectivity index (χ1v) is 18.5. The largest absolute Gasteiger partial charge is 0.459 e. The lowest BCUT2D eigenvalue weighted by Gasteiger charge is -2.49. The Morgan fingerprint density at radius 3 is 2.04 bits per heavy atom. The number of ether oxygens (including phenoxy) is 6. The van der Waals surface area contributed by atoms with E-state index in [9.17, 15) is 35.1 Å². The number of nitrogens with zero attached hydrogens (tertiary/aromatic N) is 1. The molecule has 3 fully saturated rings. The molecule has 0 spiro atoms. The average molecular weight is 734 g/mol. The standard InChI is InChI=1S/C37H67NO13/c1-14-25-37(10,45)30(41)20(4)27(39)18(2)16-35(8,44)32(51-34-28(40)24(38(11)12)15-19(3)47-34)21(5)29(22(6)33(43)49-25)50-26-17-36(9,46-13)31(42)23(7)48-26/h18-26,28-32,34,40-42,44-45H,14-17H2,1-13H3/t18-,19-,20+,21+,22-,23-,24+,25-,26?,28-,29+,30-,31-,32-,34?,35?,36+,37?/m1/s1. The molecule has 51 heavy (non-hydrogen) atoms. The average Bonchev–Trinajstić information content (AvgIpc) is 3.05. The van der Waals surface area contributed by atoms with Crippen LogP contribution in [0.15, 0.2) is 0 Å². The molecule has 298 valence electrons. The molecular weight excluding hydrogens is 666 g/mol. The van der Waals surface area contributed by atoms with Crippen LogP contribution in [0.3, 0.4) is 0 Å². The lowest BCUT2D eigenvalue weighted by molar-refractivity contribution is -0.318. The van der Waals surface area contributed by atoms with Gasteiger partial charge < -0.3 is 58.9 Å². The van der Waals surface area contributed by atoms with E-state index in [0.717, 1.165) is 0 Å². The zero-order valence-corrected chi connectivity index (χ0v) is 32.9. The minimum atomic E-state index is -1.99. The molecule has 18 atom stereocenters. The lowest BCUT2D eigenvalue weighted by atomic mass is 9.74. The van der Waals surface area contributed by atoms with Crippen molar-refractivity contribution in [1.29, 1.82) is 0 Å². The summed E-state index contributed by atoms with van der Waals surface area (Å²) in [5.74, 6) is -4.98. The molecule has 0 bridgehead atoms. The maximum Gasteiger partial charge on any atom is 0.311 e. The van der Waals surface area contributed by atoms with E-state index in [1.54, 1.807) is 41.5 Å². The van der Waals surface area contributed by atoms with E-state index < -0.39 is 108 Å². The number of aliphatic hydroxyl groups excluding tert-OH is 3. The fourth-order valence-corrected chi connectivity index (χ4v) is 8.41. The van der Waals surface area contributed by atoms with Gasteiger partial charge in [0.05, 0.1) is 47.6 Å². The number of carbonyl (C=O) groups excluding carboxylic acids is 2. The molecule has 3 heterocycles. The summed E-state index contributed by atoms with van der Waals surface area (Å²) in [6.45, 7) is 16.3. The van der Waals surface area contributed by atoms with Crippen molar-refractivity contribution in [3.63, 3.8) is 0 Å². The van der Waals surface area contributed by atoms with Crippen molar-refractivity contribution < 1.29 is 63.5 Å².